The van der Waals surface area contributed by atoms with Crippen LogP contribution in [0, 0.1) is 0 Å². The van der Waals surface area contributed by atoms with Gasteiger partial charge in [0.2, 0.25) is 0 Å². The summed E-state index contributed by atoms with van der Waals surface area (Å²) in [5.41, 5.74) is 6.92. The molecule has 1 aromatic carbocycles. The summed E-state index contributed by atoms with van der Waals surface area (Å²) < 4.78 is 5.14. The summed E-state index contributed by atoms with van der Waals surface area (Å²) in [6.45, 7) is 6.58. The second-order valence-electron chi connectivity index (χ2n) is 6.79. The number of nitrogens with zero attached hydrogens (tertiary/aromatic N) is 1. The SMILES string of the molecule is CC(=O)ON=C(CCNC(=O)OC(C)(C)C)c1cc(CC(=O)O)ccc1N. The average molecular weight is 379 g/mol. The van der Waals surface area contributed by atoms with Crippen LogP contribution in [0.5, 0.6) is 0 Å². The molecule has 0 aromatic heterocycles. The van der Waals surface area contributed by atoms with Crippen molar-refractivity contribution in [2.24, 2.45) is 5.16 Å². The number of ether oxygens (including phenoxy) is 1. The Hall–Kier alpha value is -3.10. The highest BCUT2D eigenvalue weighted by Crippen LogP contribution is 2.18. The van der Waals surface area contributed by atoms with E-state index in [9.17, 15) is 14.4 Å². The van der Waals surface area contributed by atoms with Crippen LogP contribution < -0.4 is 11.1 Å². The molecule has 27 heavy (non-hydrogen) atoms. The first kappa shape index (κ1) is 21.9. The molecule has 0 bridgehead atoms. The maximum atomic E-state index is 11.7. The molecule has 0 atom stereocenters. The minimum Gasteiger partial charge on any atom is -0.481 e. The van der Waals surface area contributed by atoms with Crippen LogP contribution in [-0.4, -0.2) is 41.0 Å². The molecule has 0 unspecified atom stereocenters. The molecule has 9 nitrogen and oxygen atoms in total. The van der Waals surface area contributed by atoms with Crippen LogP contribution in [0.15, 0.2) is 23.4 Å². The third-order valence-electron chi connectivity index (χ3n) is 3.10. The Morgan fingerprint density at radius 1 is 1.26 bits per heavy atom. The molecule has 1 aromatic rings. The number of amides is 1. The fraction of sp³-hybridized carbons (Fsp3) is 0.444. The van der Waals surface area contributed by atoms with E-state index in [0.717, 1.165) is 0 Å². The van der Waals surface area contributed by atoms with Crippen molar-refractivity contribution >= 4 is 29.4 Å². The van der Waals surface area contributed by atoms with Crippen molar-refractivity contribution < 1.29 is 29.1 Å². The van der Waals surface area contributed by atoms with Gasteiger partial charge in [0.25, 0.3) is 0 Å². The van der Waals surface area contributed by atoms with E-state index >= 15 is 0 Å². The highest BCUT2D eigenvalue weighted by molar-refractivity contribution is 6.05. The number of carboxylic acids is 1. The number of carbonyl (C=O) groups is 3. The maximum absolute atomic E-state index is 11.7. The second-order valence-corrected chi connectivity index (χ2v) is 6.79. The largest absolute Gasteiger partial charge is 0.481 e. The number of nitrogen functional groups attached to an aromatic ring is 1. The molecule has 1 rings (SSSR count). The Kier molecular flexibility index (Phi) is 7.77. The van der Waals surface area contributed by atoms with Gasteiger partial charge in [0.15, 0.2) is 0 Å². The van der Waals surface area contributed by atoms with Gasteiger partial charge in [-0.25, -0.2) is 9.59 Å². The van der Waals surface area contributed by atoms with Crippen molar-refractivity contribution in [1.82, 2.24) is 5.32 Å². The molecule has 0 heterocycles. The molecule has 0 saturated heterocycles. The summed E-state index contributed by atoms with van der Waals surface area (Å²) >= 11 is 0. The fourth-order valence-corrected chi connectivity index (χ4v) is 2.08. The number of hydrogen-bond acceptors (Lipinski definition) is 7. The van der Waals surface area contributed by atoms with Crippen molar-refractivity contribution in [3.8, 4) is 0 Å². The Morgan fingerprint density at radius 3 is 2.48 bits per heavy atom. The van der Waals surface area contributed by atoms with Crippen LogP contribution in [0.1, 0.15) is 45.2 Å². The first-order valence-corrected chi connectivity index (χ1v) is 8.30. The van der Waals surface area contributed by atoms with Crippen molar-refractivity contribution in [2.75, 3.05) is 12.3 Å². The third-order valence-corrected chi connectivity index (χ3v) is 3.10. The quantitative estimate of drug-likeness (QED) is 0.285. The lowest BCUT2D eigenvalue weighted by molar-refractivity contribution is -0.141. The van der Waals surface area contributed by atoms with Gasteiger partial charge in [-0.15, -0.1) is 0 Å². The highest BCUT2D eigenvalue weighted by atomic mass is 16.7. The first-order chi connectivity index (χ1) is 12.5. The van der Waals surface area contributed by atoms with Crippen LogP contribution in [0.3, 0.4) is 0 Å². The fourth-order valence-electron chi connectivity index (χ4n) is 2.08. The van der Waals surface area contributed by atoms with E-state index in [4.69, 9.17) is 20.4 Å². The molecule has 9 heteroatoms. The summed E-state index contributed by atoms with van der Waals surface area (Å²) in [5.74, 6) is -1.61. The minimum absolute atomic E-state index is 0.150. The third kappa shape index (κ3) is 8.70. The lowest BCUT2D eigenvalue weighted by Gasteiger charge is -2.19. The lowest BCUT2D eigenvalue weighted by atomic mass is 10.0. The normalized spacial score (nSPS) is 11.6. The van der Waals surface area contributed by atoms with Gasteiger partial charge in [0, 0.05) is 31.1 Å². The molecule has 4 N–H and O–H groups in total. The van der Waals surface area contributed by atoms with E-state index in [2.05, 4.69) is 10.5 Å². The average Bonchev–Trinajstić information content (AvgIpc) is 2.50. The summed E-state index contributed by atoms with van der Waals surface area (Å²) in [6, 6.07) is 4.72. The molecule has 1 amide bonds. The topological polar surface area (TPSA) is 140 Å². The van der Waals surface area contributed by atoms with E-state index in [1.165, 1.54) is 6.92 Å². The van der Waals surface area contributed by atoms with Gasteiger partial charge in [0.05, 0.1) is 12.1 Å². The molecule has 0 saturated carbocycles. The number of carboxylic acid groups (broad SMARTS) is 1. The van der Waals surface area contributed by atoms with Crippen molar-refractivity contribution in [2.45, 2.75) is 46.1 Å². The number of alkyl carbamates (subject to hydrolysis) is 1. The molecule has 0 spiro atoms. The zero-order chi connectivity index (χ0) is 20.6. The van der Waals surface area contributed by atoms with Gasteiger partial charge in [-0.3, -0.25) is 4.79 Å². The van der Waals surface area contributed by atoms with Crippen LogP contribution >= 0.6 is 0 Å². The molecule has 0 aliphatic carbocycles. The highest BCUT2D eigenvalue weighted by Gasteiger charge is 2.17. The van der Waals surface area contributed by atoms with E-state index in [-0.39, 0.29) is 19.4 Å². The molecule has 148 valence electrons. The zero-order valence-corrected chi connectivity index (χ0v) is 15.9. The first-order valence-electron chi connectivity index (χ1n) is 8.30. The number of aliphatic carboxylic acids is 1. The predicted octanol–water partition coefficient (Wildman–Crippen LogP) is 2.08. The summed E-state index contributed by atoms with van der Waals surface area (Å²) in [4.78, 5) is 38.4. The van der Waals surface area contributed by atoms with E-state index in [1.54, 1.807) is 39.0 Å². The van der Waals surface area contributed by atoms with Gasteiger partial charge in [-0.2, -0.15) is 0 Å². The second kappa shape index (κ2) is 9.56. The number of anilines is 1. The van der Waals surface area contributed by atoms with Gasteiger partial charge in [-0.05, 0) is 38.5 Å². The standard InChI is InChI=1S/C18H25N3O6/c1-11(22)27-21-15(7-8-20-17(25)26-18(2,3)4)13-9-12(10-16(23)24)5-6-14(13)19/h5-6,9H,7-8,10,19H2,1-4H3,(H,20,25)(H,23,24). The summed E-state index contributed by atoms with van der Waals surface area (Å²) in [5, 5.41) is 15.3. The number of rotatable bonds is 7. The Morgan fingerprint density at radius 2 is 1.93 bits per heavy atom. The Labute approximate surface area is 157 Å². The Bertz CT molecular complexity index is 737. The summed E-state index contributed by atoms with van der Waals surface area (Å²) in [7, 11) is 0. The maximum Gasteiger partial charge on any atom is 0.407 e. The van der Waals surface area contributed by atoms with Crippen LogP contribution in [0.4, 0.5) is 10.5 Å². The molecule has 0 radical (unpaired) electrons. The minimum atomic E-state index is -0.990. The molecule has 0 aliphatic heterocycles. The van der Waals surface area contributed by atoms with E-state index in [1.807, 2.05) is 0 Å². The van der Waals surface area contributed by atoms with Crippen LogP contribution in [-0.2, 0) is 25.6 Å². The van der Waals surface area contributed by atoms with Crippen molar-refractivity contribution in [3.63, 3.8) is 0 Å². The van der Waals surface area contributed by atoms with Crippen LogP contribution in [0.2, 0.25) is 0 Å². The monoisotopic (exact) mass is 379 g/mol. The zero-order valence-electron chi connectivity index (χ0n) is 15.9. The van der Waals surface area contributed by atoms with Crippen molar-refractivity contribution in [1.29, 1.82) is 0 Å². The number of carbonyl (C=O) groups excluding carboxylic acids is 2. The van der Waals surface area contributed by atoms with E-state index in [0.29, 0.717) is 22.5 Å². The smallest absolute Gasteiger partial charge is 0.407 e. The number of nitrogens with two attached hydrogens (primary N) is 1. The molecular formula is C18H25N3O6. The Balaban J connectivity index is 2.95. The lowest BCUT2D eigenvalue weighted by Crippen LogP contribution is -2.33. The number of nitrogens with one attached hydrogen (secondary N) is 1. The van der Waals surface area contributed by atoms with Gasteiger partial charge >= 0.3 is 18.0 Å². The van der Waals surface area contributed by atoms with Crippen LogP contribution in [0.25, 0.3) is 0 Å². The van der Waals surface area contributed by atoms with Gasteiger partial charge < -0.3 is 25.7 Å². The number of hydrogen-bond donors (Lipinski definition) is 3. The van der Waals surface area contributed by atoms with Gasteiger partial charge in [-0.1, -0.05) is 11.2 Å². The molecule has 0 aliphatic rings. The number of benzene rings is 1. The molecular weight excluding hydrogens is 354 g/mol. The predicted molar refractivity (Wildman–Crippen MR) is 99.4 cm³/mol. The summed E-state index contributed by atoms with van der Waals surface area (Å²) in [6.07, 6.45) is -0.598. The van der Waals surface area contributed by atoms with E-state index < -0.39 is 23.6 Å². The molecule has 0 fully saturated rings. The van der Waals surface area contributed by atoms with Crippen molar-refractivity contribution in [3.05, 3.63) is 29.3 Å². The van der Waals surface area contributed by atoms with Gasteiger partial charge in [0.1, 0.15) is 5.60 Å². The number of oxime groups is 1.